The van der Waals surface area contributed by atoms with Crippen LogP contribution in [0.2, 0.25) is 0 Å². The summed E-state index contributed by atoms with van der Waals surface area (Å²) in [6, 6.07) is 23.7. The molecule has 0 unspecified atom stereocenters. The molecule has 2 amide bonds. The largest absolute Gasteiger partial charge is 0.506 e. The summed E-state index contributed by atoms with van der Waals surface area (Å²) in [5, 5.41) is 18.4. The van der Waals surface area contributed by atoms with Crippen LogP contribution in [0.25, 0.3) is 10.8 Å². The number of rotatable bonds is 11. The van der Waals surface area contributed by atoms with Crippen molar-refractivity contribution < 1.29 is 24.2 Å². The molecule has 0 aliphatic rings. The van der Waals surface area contributed by atoms with Crippen molar-refractivity contribution in [3.05, 3.63) is 106 Å². The zero-order valence-corrected chi connectivity index (χ0v) is 26.0. The van der Waals surface area contributed by atoms with Crippen LogP contribution in [0.3, 0.4) is 0 Å². The molecule has 0 fully saturated rings. The summed E-state index contributed by atoms with van der Waals surface area (Å²) in [4.78, 5) is 25.7. The van der Waals surface area contributed by atoms with E-state index in [1.165, 1.54) is 6.08 Å². The highest BCUT2D eigenvalue weighted by Gasteiger charge is 2.31. The number of nitrogens with one attached hydrogen (secondary N) is 2. The zero-order valence-electron chi connectivity index (χ0n) is 22.8. The second-order valence-electron chi connectivity index (χ2n) is 9.35. The summed E-state index contributed by atoms with van der Waals surface area (Å²) >= 11 is 6.83. The molecule has 4 rings (SSSR count). The SMILES string of the molecule is CCO[C@@H](CC/C=C/C(=O)Nc1ccccc1N)[C@@H](OC(=O)Nc1cccc2ccccc12)c1cc(Br)cc(Br)c1O. The number of carbonyl (C=O) groups excluding carboxylic acids is 2. The van der Waals surface area contributed by atoms with Crippen molar-refractivity contribution in [3.8, 4) is 5.75 Å². The number of amides is 2. The standard InChI is InChI=1S/C32H31Br2N3O5/c1-2-41-28(16-7-8-17-29(38)36-27-14-6-5-13-25(27)35)31(23-18-21(33)19-24(34)30(23)39)42-32(40)37-26-15-9-11-20-10-3-4-12-22(20)26/h3-6,8-15,17-19,28,31,39H,2,7,16,35H2,1H3,(H,36,38)(H,37,40)/b17-8+/t28-,31-/m0/s1. The number of nitrogens with two attached hydrogens (primary N) is 1. The van der Waals surface area contributed by atoms with Gasteiger partial charge in [0, 0.05) is 22.0 Å². The number of hydrogen-bond donors (Lipinski definition) is 4. The maximum absolute atomic E-state index is 13.3. The number of benzene rings is 4. The Labute approximate surface area is 261 Å². The maximum atomic E-state index is 13.3. The maximum Gasteiger partial charge on any atom is 0.412 e. The van der Waals surface area contributed by atoms with Gasteiger partial charge in [-0.3, -0.25) is 10.1 Å². The van der Waals surface area contributed by atoms with E-state index in [9.17, 15) is 14.7 Å². The quantitative estimate of drug-likeness (QED) is 0.0924. The number of phenolic OH excluding ortho intramolecular Hbond substituents is 1. The van der Waals surface area contributed by atoms with Gasteiger partial charge in [-0.1, -0.05) is 70.5 Å². The van der Waals surface area contributed by atoms with E-state index >= 15 is 0 Å². The normalized spacial score (nSPS) is 12.6. The topological polar surface area (TPSA) is 123 Å². The predicted octanol–water partition coefficient (Wildman–Crippen LogP) is 8.32. The van der Waals surface area contributed by atoms with Crippen molar-refractivity contribution in [2.24, 2.45) is 0 Å². The number of anilines is 3. The van der Waals surface area contributed by atoms with E-state index in [0.29, 0.717) is 51.0 Å². The minimum Gasteiger partial charge on any atom is -0.506 e. The van der Waals surface area contributed by atoms with E-state index < -0.39 is 18.3 Å². The smallest absolute Gasteiger partial charge is 0.412 e. The lowest BCUT2D eigenvalue weighted by molar-refractivity contribution is -0.111. The average molecular weight is 697 g/mol. The Morgan fingerprint density at radius 1 is 0.976 bits per heavy atom. The summed E-state index contributed by atoms with van der Waals surface area (Å²) in [6.07, 6.45) is 1.64. The minimum absolute atomic E-state index is 0.0683. The molecule has 0 bridgehead atoms. The highest BCUT2D eigenvalue weighted by atomic mass is 79.9. The van der Waals surface area contributed by atoms with Gasteiger partial charge in [0.15, 0.2) is 6.10 Å². The van der Waals surface area contributed by atoms with Gasteiger partial charge in [0.1, 0.15) is 5.75 Å². The predicted molar refractivity (Wildman–Crippen MR) is 174 cm³/mol. The van der Waals surface area contributed by atoms with Crippen LogP contribution in [-0.2, 0) is 14.3 Å². The van der Waals surface area contributed by atoms with Crippen LogP contribution < -0.4 is 16.4 Å². The second kappa shape index (κ2) is 14.9. The Bertz CT molecular complexity index is 1590. The summed E-state index contributed by atoms with van der Waals surface area (Å²) in [6.45, 7) is 2.17. The van der Waals surface area contributed by atoms with Crippen molar-refractivity contribution in [2.45, 2.75) is 32.0 Å². The lowest BCUT2D eigenvalue weighted by Gasteiger charge is -2.28. The van der Waals surface area contributed by atoms with Crippen molar-refractivity contribution in [1.29, 1.82) is 0 Å². The first kappa shape index (κ1) is 31.1. The summed E-state index contributed by atoms with van der Waals surface area (Å²) in [5.41, 5.74) is 7.86. The molecule has 0 spiro atoms. The Kier molecular flexibility index (Phi) is 11.0. The van der Waals surface area contributed by atoms with Crippen LogP contribution in [0.5, 0.6) is 5.75 Å². The summed E-state index contributed by atoms with van der Waals surface area (Å²) < 4.78 is 13.1. The van der Waals surface area contributed by atoms with Gasteiger partial charge in [0.25, 0.3) is 0 Å². The van der Waals surface area contributed by atoms with Gasteiger partial charge in [-0.2, -0.15) is 0 Å². The van der Waals surface area contributed by atoms with E-state index in [2.05, 4.69) is 42.5 Å². The first-order valence-corrected chi connectivity index (χ1v) is 14.9. The van der Waals surface area contributed by atoms with E-state index in [-0.39, 0.29) is 11.7 Å². The van der Waals surface area contributed by atoms with E-state index in [1.54, 1.807) is 48.5 Å². The third-order valence-corrected chi connectivity index (χ3v) is 7.51. The molecule has 4 aromatic carbocycles. The number of nitrogen functional groups attached to an aromatic ring is 1. The molecule has 0 aliphatic carbocycles. The van der Waals surface area contributed by atoms with Gasteiger partial charge in [-0.15, -0.1) is 0 Å². The highest BCUT2D eigenvalue weighted by Crippen LogP contribution is 2.40. The number of aromatic hydroxyl groups is 1. The molecule has 0 heterocycles. The average Bonchev–Trinajstić information content (AvgIpc) is 2.97. The van der Waals surface area contributed by atoms with Crippen molar-refractivity contribution >= 4 is 71.7 Å². The molecule has 0 saturated carbocycles. The number of fused-ring (bicyclic) bond motifs is 1. The first-order chi connectivity index (χ1) is 20.3. The number of hydrogen-bond acceptors (Lipinski definition) is 6. The van der Waals surface area contributed by atoms with Gasteiger partial charge >= 0.3 is 6.09 Å². The van der Waals surface area contributed by atoms with Gasteiger partial charge < -0.3 is 25.6 Å². The Morgan fingerprint density at radius 2 is 1.69 bits per heavy atom. The third-order valence-electron chi connectivity index (χ3n) is 6.45. The van der Waals surface area contributed by atoms with Crippen LogP contribution in [0.4, 0.5) is 21.9 Å². The van der Waals surface area contributed by atoms with Crippen LogP contribution in [0.1, 0.15) is 31.4 Å². The highest BCUT2D eigenvalue weighted by molar-refractivity contribution is 9.11. The number of para-hydroxylation sites is 2. The fraction of sp³-hybridized carbons (Fsp3) is 0.188. The van der Waals surface area contributed by atoms with Gasteiger partial charge in [-0.25, -0.2) is 4.79 Å². The number of halogens is 2. The number of ether oxygens (including phenoxy) is 2. The number of carbonyl (C=O) groups is 2. The molecule has 4 aromatic rings. The molecule has 5 N–H and O–H groups in total. The van der Waals surface area contributed by atoms with E-state index in [0.717, 1.165) is 10.8 Å². The molecular weight excluding hydrogens is 666 g/mol. The van der Waals surface area contributed by atoms with Crippen LogP contribution in [0.15, 0.2) is 100.0 Å². The molecule has 0 aromatic heterocycles. The lowest BCUT2D eigenvalue weighted by atomic mass is 9.99. The van der Waals surface area contributed by atoms with Gasteiger partial charge in [-0.05, 0) is 77.5 Å². The van der Waals surface area contributed by atoms with Crippen LogP contribution in [-0.4, -0.2) is 29.8 Å². The van der Waals surface area contributed by atoms with Crippen molar-refractivity contribution in [2.75, 3.05) is 23.0 Å². The summed E-state index contributed by atoms with van der Waals surface area (Å²) in [5.74, 6) is -0.391. The molecule has 0 saturated heterocycles. The second-order valence-corrected chi connectivity index (χ2v) is 11.1. The molecule has 10 heteroatoms. The molecule has 0 radical (unpaired) electrons. The third kappa shape index (κ3) is 8.12. The van der Waals surface area contributed by atoms with Crippen LogP contribution in [0, 0.1) is 0 Å². The lowest BCUT2D eigenvalue weighted by Crippen LogP contribution is -2.29. The van der Waals surface area contributed by atoms with Crippen molar-refractivity contribution in [3.63, 3.8) is 0 Å². The van der Waals surface area contributed by atoms with Crippen LogP contribution >= 0.6 is 31.9 Å². The molecule has 8 nitrogen and oxygen atoms in total. The number of phenols is 1. The molecule has 0 aliphatic heterocycles. The van der Waals surface area contributed by atoms with E-state index in [4.69, 9.17) is 15.2 Å². The van der Waals surface area contributed by atoms with Gasteiger partial charge in [0.05, 0.1) is 27.6 Å². The monoisotopic (exact) mass is 695 g/mol. The van der Waals surface area contributed by atoms with Gasteiger partial charge in [0.2, 0.25) is 5.91 Å². The first-order valence-electron chi connectivity index (χ1n) is 13.3. The molecule has 42 heavy (non-hydrogen) atoms. The Morgan fingerprint density at radius 3 is 2.48 bits per heavy atom. The summed E-state index contributed by atoms with van der Waals surface area (Å²) in [7, 11) is 0. The van der Waals surface area contributed by atoms with E-state index in [1.807, 2.05) is 43.3 Å². The zero-order chi connectivity index (χ0) is 30.1. The molecular formula is C32H31Br2N3O5. The molecule has 2 atom stereocenters. The van der Waals surface area contributed by atoms with Crippen molar-refractivity contribution in [1.82, 2.24) is 0 Å². The minimum atomic E-state index is -0.972. The Balaban J connectivity index is 1.53. The fourth-order valence-electron chi connectivity index (χ4n) is 4.50. The fourth-order valence-corrected chi connectivity index (χ4v) is 5.76. The Hall–Kier alpha value is -3.86. The number of allylic oxidation sites excluding steroid dienone is 1. The molecule has 218 valence electrons.